The fraction of sp³-hybridized carbons (Fsp3) is 0.308. The summed E-state index contributed by atoms with van der Waals surface area (Å²) in [6, 6.07) is 14.1. The molecule has 0 bridgehead atoms. The molecule has 2 atom stereocenters. The van der Waals surface area contributed by atoms with Crippen molar-refractivity contribution in [3.8, 4) is 11.5 Å². The monoisotopic (exact) mass is 545 g/mol. The van der Waals surface area contributed by atoms with Crippen LogP contribution in [-0.2, 0) is 22.9 Å². The van der Waals surface area contributed by atoms with Crippen molar-refractivity contribution in [1.29, 1.82) is 0 Å². The molecule has 0 aromatic heterocycles. The quantitative estimate of drug-likeness (QED) is 0.304. The third-order valence-corrected chi connectivity index (χ3v) is 7.09. The lowest BCUT2D eigenvalue weighted by molar-refractivity contribution is -0.253. The van der Waals surface area contributed by atoms with Gasteiger partial charge < -0.3 is 9.84 Å². The zero-order valence-corrected chi connectivity index (χ0v) is 20.9. The van der Waals surface area contributed by atoms with Gasteiger partial charge in [0.15, 0.2) is 11.6 Å². The predicted molar refractivity (Wildman–Crippen MR) is 128 cm³/mol. The van der Waals surface area contributed by atoms with Crippen LogP contribution in [0.4, 0.5) is 26.3 Å². The molecule has 11 heteroatoms. The van der Waals surface area contributed by atoms with Gasteiger partial charge in [-0.15, -0.1) is 0 Å². The zero-order chi connectivity index (χ0) is 27.6. The molecule has 0 aliphatic rings. The van der Waals surface area contributed by atoms with E-state index in [2.05, 4.69) is 9.46 Å². The lowest BCUT2D eigenvalue weighted by Gasteiger charge is -2.38. The van der Waals surface area contributed by atoms with E-state index in [0.717, 1.165) is 24.3 Å². The predicted octanol–water partition coefficient (Wildman–Crippen LogP) is 6.45. The molecule has 0 radical (unpaired) electrons. The summed E-state index contributed by atoms with van der Waals surface area (Å²) < 4.78 is 102. The van der Waals surface area contributed by atoms with Gasteiger partial charge in [-0.3, -0.25) is 0 Å². The molecule has 3 rings (SSSR count). The van der Waals surface area contributed by atoms with Crippen LogP contribution in [-0.4, -0.2) is 26.6 Å². The molecular formula is C26H25F6NO3S. The van der Waals surface area contributed by atoms with Crippen molar-refractivity contribution in [3.63, 3.8) is 0 Å². The summed E-state index contributed by atoms with van der Waals surface area (Å²) in [5.41, 5.74) is -1.26. The largest absolute Gasteiger partial charge is 0.505 e. The van der Waals surface area contributed by atoms with Crippen LogP contribution in [0.1, 0.15) is 37.5 Å². The van der Waals surface area contributed by atoms with Crippen molar-refractivity contribution in [2.45, 2.75) is 50.0 Å². The number of nitrogens with one attached hydrogen (secondary N) is 1. The highest BCUT2D eigenvalue weighted by Gasteiger charge is 2.45. The van der Waals surface area contributed by atoms with Crippen LogP contribution in [0.15, 0.2) is 66.7 Å². The van der Waals surface area contributed by atoms with Gasteiger partial charge >= 0.3 is 12.5 Å². The third kappa shape index (κ3) is 6.64. The summed E-state index contributed by atoms with van der Waals surface area (Å²) in [4.78, 5) is 0. The maximum Gasteiger partial charge on any atom is 0.461 e. The number of hydrogen-bond acceptors (Lipinski definition) is 3. The molecular weight excluding hydrogens is 520 g/mol. The molecule has 0 aliphatic carbocycles. The Morgan fingerprint density at radius 2 is 1.59 bits per heavy atom. The third-order valence-electron chi connectivity index (χ3n) is 5.45. The highest BCUT2D eigenvalue weighted by Crippen LogP contribution is 2.39. The maximum atomic E-state index is 14.8. The van der Waals surface area contributed by atoms with Crippen molar-refractivity contribution in [2.24, 2.45) is 0 Å². The van der Waals surface area contributed by atoms with E-state index in [-0.39, 0.29) is 17.5 Å². The minimum Gasteiger partial charge on any atom is -0.505 e. The van der Waals surface area contributed by atoms with Gasteiger partial charge in [0.25, 0.3) is 0 Å². The van der Waals surface area contributed by atoms with Crippen LogP contribution < -0.4 is 9.46 Å². The minimum atomic E-state index is -4.92. The van der Waals surface area contributed by atoms with Crippen molar-refractivity contribution >= 4 is 11.0 Å². The average molecular weight is 546 g/mol. The van der Waals surface area contributed by atoms with E-state index in [1.54, 1.807) is 51.1 Å². The Balaban J connectivity index is 2.33. The van der Waals surface area contributed by atoms with Crippen LogP contribution in [0.5, 0.6) is 11.5 Å². The van der Waals surface area contributed by atoms with E-state index >= 15 is 0 Å². The second-order valence-electron chi connectivity index (χ2n) is 9.36. The Bertz CT molecular complexity index is 1270. The smallest absolute Gasteiger partial charge is 0.461 e. The van der Waals surface area contributed by atoms with Gasteiger partial charge in [0.1, 0.15) is 11.6 Å². The lowest BCUT2D eigenvalue weighted by atomic mass is 9.78. The number of alkyl halides is 4. The van der Waals surface area contributed by atoms with E-state index < -0.39 is 56.9 Å². The van der Waals surface area contributed by atoms with Gasteiger partial charge in [0.05, 0.1) is 21.3 Å². The van der Waals surface area contributed by atoms with Gasteiger partial charge in [0.2, 0.25) is 0 Å². The Hall–Kier alpha value is -3.05. The molecule has 0 fully saturated rings. The van der Waals surface area contributed by atoms with Crippen LogP contribution >= 0.6 is 0 Å². The summed E-state index contributed by atoms with van der Waals surface area (Å²) in [5, 5.41) is 9.76. The Kier molecular flexibility index (Phi) is 8.28. The van der Waals surface area contributed by atoms with Gasteiger partial charge in [-0.05, 0) is 68.1 Å². The molecule has 0 spiro atoms. The van der Waals surface area contributed by atoms with Crippen molar-refractivity contribution in [2.75, 3.05) is 0 Å². The molecule has 200 valence electrons. The van der Waals surface area contributed by atoms with E-state index in [9.17, 15) is 35.7 Å². The topological polar surface area (TPSA) is 58.6 Å². The Morgan fingerprint density at radius 3 is 2.16 bits per heavy atom. The van der Waals surface area contributed by atoms with E-state index in [1.807, 2.05) is 0 Å². The fourth-order valence-corrected chi connectivity index (χ4v) is 4.51. The average Bonchev–Trinajstić information content (AvgIpc) is 2.79. The van der Waals surface area contributed by atoms with Gasteiger partial charge in [-0.25, -0.2) is 17.7 Å². The summed E-state index contributed by atoms with van der Waals surface area (Å²) in [7, 11) is -1.90. The number of phenols is 1. The lowest BCUT2D eigenvalue weighted by Crippen LogP contribution is -2.50. The SMILES string of the molecule is CC(C)(C)S(=O)NC(Cc1ccccc1)(c1cc(F)cc(OC(F)(F)C(F)F)c1)c1ccc(O)c(F)c1. The summed E-state index contributed by atoms with van der Waals surface area (Å²) in [6.07, 6.45) is -9.21. The first kappa shape index (κ1) is 28.5. The Labute approximate surface area is 212 Å². The number of ether oxygens (including phenoxy) is 1. The second-order valence-corrected chi connectivity index (χ2v) is 11.3. The van der Waals surface area contributed by atoms with Crippen LogP contribution in [0.3, 0.4) is 0 Å². The van der Waals surface area contributed by atoms with E-state index in [0.29, 0.717) is 11.6 Å². The molecule has 0 aliphatic heterocycles. The van der Waals surface area contributed by atoms with Crippen molar-refractivity contribution in [3.05, 3.63) is 95.1 Å². The summed E-state index contributed by atoms with van der Waals surface area (Å²) in [6.45, 7) is 4.93. The molecule has 2 unspecified atom stereocenters. The Morgan fingerprint density at radius 1 is 0.946 bits per heavy atom. The van der Waals surface area contributed by atoms with Gasteiger partial charge in [-0.2, -0.15) is 17.6 Å². The molecule has 0 saturated heterocycles. The number of rotatable bonds is 9. The van der Waals surface area contributed by atoms with E-state index in [1.165, 1.54) is 6.07 Å². The van der Waals surface area contributed by atoms with Crippen LogP contribution in [0.25, 0.3) is 0 Å². The molecule has 0 saturated carbocycles. The van der Waals surface area contributed by atoms with Crippen molar-refractivity contribution < 1.29 is 40.4 Å². The minimum absolute atomic E-state index is 0.0569. The molecule has 37 heavy (non-hydrogen) atoms. The highest BCUT2D eigenvalue weighted by atomic mass is 32.2. The first-order valence-electron chi connectivity index (χ1n) is 11.0. The molecule has 0 amide bonds. The molecule has 4 nitrogen and oxygen atoms in total. The standard InChI is InChI=1S/C26H25F6NO3S/c1-24(2,3)37(35)33-25(15-16-7-5-4-6-8-16,17-9-10-22(34)21(28)13-17)18-11-19(27)14-20(12-18)36-26(31,32)23(29)30/h4-14,23,33-34H,15H2,1-3H3. The first-order chi connectivity index (χ1) is 17.1. The summed E-state index contributed by atoms with van der Waals surface area (Å²) in [5.74, 6) is -3.76. The molecule has 0 heterocycles. The maximum absolute atomic E-state index is 14.8. The molecule has 3 aromatic rings. The van der Waals surface area contributed by atoms with Crippen LogP contribution in [0.2, 0.25) is 0 Å². The first-order valence-corrected chi connectivity index (χ1v) is 12.2. The normalized spacial score (nSPS) is 14.9. The number of benzene rings is 3. The number of hydrogen-bond donors (Lipinski definition) is 2. The number of aromatic hydroxyl groups is 1. The van der Waals surface area contributed by atoms with Gasteiger partial charge in [-0.1, -0.05) is 36.4 Å². The van der Waals surface area contributed by atoms with E-state index in [4.69, 9.17) is 0 Å². The fourth-order valence-electron chi connectivity index (χ4n) is 3.58. The molecule has 2 N–H and O–H groups in total. The molecule has 3 aromatic carbocycles. The van der Waals surface area contributed by atoms with Crippen LogP contribution in [0, 0.1) is 11.6 Å². The summed E-state index contributed by atoms with van der Waals surface area (Å²) >= 11 is 0. The second kappa shape index (κ2) is 10.7. The van der Waals surface area contributed by atoms with Gasteiger partial charge in [0, 0.05) is 6.07 Å². The number of phenolic OH excluding ortho intramolecular Hbond substituents is 1. The zero-order valence-electron chi connectivity index (χ0n) is 20.1. The van der Waals surface area contributed by atoms with Crippen molar-refractivity contribution in [1.82, 2.24) is 4.72 Å². The number of halogens is 6. The highest BCUT2D eigenvalue weighted by molar-refractivity contribution is 7.84.